The smallest absolute Gasteiger partial charge is 0.351 e. The molecule has 1 unspecified atom stereocenters. The van der Waals surface area contributed by atoms with Gasteiger partial charge in [-0.1, -0.05) is 23.3 Å². The van der Waals surface area contributed by atoms with E-state index < -0.39 is 48.5 Å². The van der Waals surface area contributed by atoms with Crippen molar-refractivity contribution in [2.24, 2.45) is 5.11 Å². The molecular formula is C21H22FN7O6. The number of rotatable bonds is 8. The largest absolute Gasteiger partial charge is 0.467 e. The summed E-state index contributed by atoms with van der Waals surface area (Å²) in [6.45, 7) is -1.01. The minimum atomic E-state index is -2.29. The van der Waals surface area contributed by atoms with Crippen molar-refractivity contribution in [3.05, 3.63) is 69.2 Å². The number of aromatic nitrogens is 3. The second kappa shape index (κ2) is 9.72. The van der Waals surface area contributed by atoms with Gasteiger partial charge in [0.05, 0.1) is 13.7 Å². The first-order valence-electron chi connectivity index (χ1n) is 10.5. The number of ether oxygens (including phenoxy) is 2. The van der Waals surface area contributed by atoms with Crippen LogP contribution in [0, 0.1) is 0 Å². The van der Waals surface area contributed by atoms with E-state index in [1.165, 1.54) is 13.2 Å². The van der Waals surface area contributed by atoms with Crippen LogP contribution in [0.3, 0.4) is 0 Å². The third-order valence-electron chi connectivity index (χ3n) is 5.72. The molecule has 0 bridgehead atoms. The zero-order valence-electron chi connectivity index (χ0n) is 18.4. The highest BCUT2D eigenvalue weighted by molar-refractivity contribution is 5.82. The van der Waals surface area contributed by atoms with Gasteiger partial charge in [-0.3, -0.25) is 4.57 Å². The molecule has 184 valence electrons. The van der Waals surface area contributed by atoms with Crippen molar-refractivity contribution < 1.29 is 28.9 Å². The molecule has 5 atom stereocenters. The number of hydrogen-bond donors (Lipinski definition) is 4. The molecular weight excluding hydrogens is 465 g/mol. The second-order valence-corrected chi connectivity index (χ2v) is 7.90. The number of hydrogen-bond acceptors (Lipinski definition) is 9. The zero-order chi connectivity index (χ0) is 25.2. The number of nitrogens with one attached hydrogen (secondary N) is 2. The fourth-order valence-corrected chi connectivity index (χ4v) is 3.94. The molecule has 1 saturated heterocycles. The topological polar surface area (TPSA) is 187 Å². The van der Waals surface area contributed by atoms with E-state index >= 15 is 0 Å². The number of benzene rings is 1. The van der Waals surface area contributed by atoms with E-state index in [0.29, 0.717) is 0 Å². The van der Waals surface area contributed by atoms with Crippen molar-refractivity contribution in [2.75, 3.05) is 19.0 Å². The SMILES string of the molecule is COC(=O)[C@@H](Cc1cc2ccccc2[nH]1)Nc1ccn([C@@H]2O[C@@](CO)(N=[N+]=[N-])C(O)[C@@H]2F)c(=O)n1. The van der Waals surface area contributed by atoms with Crippen molar-refractivity contribution in [2.45, 2.75) is 36.7 Å². The Morgan fingerprint density at radius 1 is 1.49 bits per heavy atom. The number of carbonyl (C=O) groups excluding carboxylic acids is 1. The molecule has 4 N–H and O–H groups in total. The van der Waals surface area contributed by atoms with E-state index in [1.54, 1.807) is 0 Å². The summed E-state index contributed by atoms with van der Waals surface area (Å²) in [5.74, 6) is -0.585. The molecule has 4 rings (SSSR count). The van der Waals surface area contributed by atoms with Crippen LogP contribution in [-0.2, 0) is 20.7 Å². The normalized spacial score (nSPS) is 24.6. The van der Waals surface area contributed by atoms with Gasteiger partial charge in [-0.25, -0.2) is 14.0 Å². The van der Waals surface area contributed by atoms with Crippen LogP contribution in [0.25, 0.3) is 21.3 Å². The molecule has 35 heavy (non-hydrogen) atoms. The highest BCUT2D eigenvalue weighted by Crippen LogP contribution is 2.39. The number of fused-ring (bicyclic) bond motifs is 1. The lowest BCUT2D eigenvalue weighted by Crippen LogP contribution is -2.43. The van der Waals surface area contributed by atoms with Gasteiger partial charge in [-0.05, 0) is 29.1 Å². The monoisotopic (exact) mass is 487 g/mol. The quantitative estimate of drug-likeness (QED) is 0.158. The molecule has 1 aliphatic rings. The van der Waals surface area contributed by atoms with Crippen LogP contribution in [0.2, 0.25) is 0 Å². The number of methoxy groups -OCH3 is 1. The predicted molar refractivity (Wildman–Crippen MR) is 120 cm³/mol. The Balaban J connectivity index is 1.56. The molecule has 1 aromatic carbocycles. The molecule has 14 heteroatoms. The summed E-state index contributed by atoms with van der Waals surface area (Å²) in [7, 11) is 1.23. The van der Waals surface area contributed by atoms with Gasteiger partial charge in [0.15, 0.2) is 12.4 Å². The van der Waals surface area contributed by atoms with E-state index in [2.05, 4.69) is 25.3 Å². The maximum Gasteiger partial charge on any atom is 0.351 e. The van der Waals surface area contributed by atoms with Gasteiger partial charge in [0.25, 0.3) is 0 Å². The van der Waals surface area contributed by atoms with Crippen LogP contribution in [-0.4, -0.2) is 68.5 Å². The Morgan fingerprint density at radius 2 is 2.26 bits per heavy atom. The van der Waals surface area contributed by atoms with Gasteiger partial charge in [0.1, 0.15) is 18.0 Å². The first kappa shape index (κ1) is 24.2. The first-order valence-corrected chi connectivity index (χ1v) is 10.5. The maximum absolute atomic E-state index is 14.7. The number of aliphatic hydroxyl groups excluding tert-OH is 2. The van der Waals surface area contributed by atoms with E-state index in [4.69, 9.17) is 15.0 Å². The van der Waals surface area contributed by atoms with Gasteiger partial charge in [-0.2, -0.15) is 4.98 Å². The molecule has 0 amide bonds. The summed E-state index contributed by atoms with van der Waals surface area (Å²) in [5, 5.41) is 26.5. The first-order chi connectivity index (χ1) is 16.8. The van der Waals surface area contributed by atoms with Gasteiger partial charge in [0.2, 0.25) is 5.72 Å². The lowest BCUT2D eigenvalue weighted by Gasteiger charge is -2.23. The van der Waals surface area contributed by atoms with E-state index in [1.807, 2.05) is 30.3 Å². The Labute approximate surface area is 196 Å². The molecule has 1 aliphatic heterocycles. The predicted octanol–water partition coefficient (Wildman–Crippen LogP) is 1.15. The van der Waals surface area contributed by atoms with Crippen molar-refractivity contribution in [3.63, 3.8) is 0 Å². The number of halogens is 1. The molecule has 2 aromatic heterocycles. The summed E-state index contributed by atoms with van der Waals surface area (Å²) < 4.78 is 25.6. The number of azide groups is 1. The Morgan fingerprint density at radius 3 is 2.91 bits per heavy atom. The maximum atomic E-state index is 14.7. The average molecular weight is 487 g/mol. The molecule has 0 spiro atoms. The van der Waals surface area contributed by atoms with Crippen LogP contribution in [0.1, 0.15) is 11.9 Å². The van der Waals surface area contributed by atoms with Crippen LogP contribution in [0.4, 0.5) is 10.2 Å². The van der Waals surface area contributed by atoms with Gasteiger partial charge < -0.3 is 30.0 Å². The molecule has 0 radical (unpaired) electrons. The summed E-state index contributed by atoms with van der Waals surface area (Å²) in [6, 6.07) is 9.88. The minimum absolute atomic E-state index is 0.00943. The number of anilines is 1. The van der Waals surface area contributed by atoms with E-state index in [9.17, 15) is 24.2 Å². The standard InChI is InChI=1S/C21H22FN7O6/c1-34-19(32)14(9-12-8-11-4-2-3-5-13(11)24-12)25-15-6-7-29(20(33)26-15)18-16(22)17(31)21(10-30,35-18)27-28-23/h2-8,14,16-18,24,30-31H,9-10H2,1H3,(H,25,26,33)/t14-,16+,17?,18-,21-/m1/s1. The van der Waals surface area contributed by atoms with Crippen molar-refractivity contribution in [1.82, 2.24) is 14.5 Å². The number of esters is 1. The third kappa shape index (κ3) is 4.55. The summed E-state index contributed by atoms with van der Waals surface area (Å²) in [4.78, 5) is 34.5. The highest BCUT2D eigenvalue weighted by Gasteiger charge is 2.56. The molecule has 13 nitrogen and oxygen atoms in total. The number of aliphatic hydroxyl groups is 2. The van der Waals surface area contributed by atoms with Crippen molar-refractivity contribution in [1.29, 1.82) is 0 Å². The fraction of sp³-hybridized carbons (Fsp3) is 0.381. The summed E-state index contributed by atoms with van der Waals surface area (Å²) in [6.07, 6.45) is -4.59. The number of aromatic amines is 1. The Kier molecular flexibility index (Phi) is 6.71. The number of carbonyl (C=O) groups is 1. The number of para-hydroxylation sites is 1. The molecule has 3 heterocycles. The summed E-state index contributed by atoms with van der Waals surface area (Å²) in [5.41, 5.74) is 7.05. The highest BCUT2D eigenvalue weighted by atomic mass is 19.1. The van der Waals surface area contributed by atoms with Crippen LogP contribution in [0.15, 0.2) is 52.5 Å². The zero-order valence-corrected chi connectivity index (χ0v) is 18.4. The minimum Gasteiger partial charge on any atom is -0.467 e. The van der Waals surface area contributed by atoms with Crippen LogP contribution in [0.5, 0.6) is 0 Å². The van der Waals surface area contributed by atoms with Crippen molar-refractivity contribution >= 4 is 22.7 Å². The van der Waals surface area contributed by atoms with Gasteiger partial charge >= 0.3 is 11.7 Å². The molecule has 0 aliphatic carbocycles. The molecule has 0 saturated carbocycles. The summed E-state index contributed by atoms with van der Waals surface area (Å²) >= 11 is 0. The Bertz CT molecular complexity index is 1310. The number of alkyl halides is 1. The Hall–Kier alpha value is -3.97. The van der Waals surface area contributed by atoms with Crippen LogP contribution < -0.4 is 11.0 Å². The third-order valence-corrected chi connectivity index (χ3v) is 5.72. The lowest BCUT2D eigenvalue weighted by molar-refractivity contribution is -0.141. The number of nitrogens with zero attached hydrogens (tertiary/aromatic N) is 5. The molecule has 1 fully saturated rings. The second-order valence-electron chi connectivity index (χ2n) is 7.90. The van der Waals surface area contributed by atoms with Crippen LogP contribution >= 0.6 is 0 Å². The average Bonchev–Trinajstić information content (AvgIpc) is 3.37. The van der Waals surface area contributed by atoms with E-state index in [-0.39, 0.29) is 12.2 Å². The fourth-order valence-electron chi connectivity index (χ4n) is 3.94. The van der Waals surface area contributed by atoms with Crippen molar-refractivity contribution in [3.8, 4) is 0 Å². The van der Waals surface area contributed by atoms with Gasteiger partial charge in [-0.15, -0.1) is 0 Å². The van der Waals surface area contributed by atoms with E-state index in [0.717, 1.165) is 27.4 Å². The molecule has 3 aromatic rings. The lowest BCUT2D eigenvalue weighted by atomic mass is 10.1. The number of H-pyrrole nitrogens is 1. The van der Waals surface area contributed by atoms with Gasteiger partial charge in [0, 0.05) is 28.7 Å².